The molecule has 0 amide bonds. The molecule has 1 N–H and O–H groups in total. The number of halogens is 3. The van der Waals surface area contributed by atoms with E-state index < -0.39 is 12.0 Å². The van der Waals surface area contributed by atoms with Gasteiger partial charge >= 0.3 is 6.18 Å². The molecule has 1 aliphatic heterocycles. The Morgan fingerprint density at radius 3 is 2.71 bits per heavy atom. The quantitative estimate of drug-likeness (QED) is 0.728. The Labute approximate surface area is 158 Å². The van der Waals surface area contributed by atoms with Crippen molar-refractivity contribution in [2.75, 3.05) is 36.5 Å². The van der Waals surface area contributed by atoms with Crippen molar-refractivity contribution in [3.63, 3.8) is 0 Å². The predicted octanol–water partition coefficient (Wildman–Crippen LogP) is 2.30. The number of aryl methyl sites for hydroxylation is 1. The SMILES string of the molecule is Cc1cc(NCc2ccnc(N3CCOCC3)c2)n2nc(C(F)(F)F)nc2n1. The van der Waals surface area contributed by atoms with Gasteiger partial charge in [-0.05, 0) is 24.6 Å². The highest BCUT2D eigenvalue weighted by Gasteiger charge is 2.36. The van der Waals surface area contributed by atoms with Crippen LogP contribution >= 0.6 is 0 Å². The zero-order valence-electron chi connectivity index (χ0n) is 15.1. The summed E-state index contributed by atoms with van der Waals surface area (Å²) < 4.78 is 45.2. The number of hydrogen-bond donors (Lipinski definition) is 1. The topological polar surface area (TPSA) is 80.5 Å². The van der Waals surface area contributed by atoms with Gasteiger partial charge in [0.05, 0.1) is 13.2 Å². The second-order valence-corrected chi connectivity index (χ2v) is 6.40. The highest BCUT2D eigenvalue weighted by molar-refractivity contribution is 5.47. The third kappa shape index (κ3) is 3.84. The molecule has 0 atom stereocenters. The van der Waals surface area contributed by atoms with Gasteiger partial charge in [-0.2, -0.15) is 22.7 Å². The fourth-order valence-electron chi connectivity index (χ4n) is 2.96. The normalized spacial score (nSPS) is 15.2. The van der Waals surface area contributed by atoms with Crippen molar-refractivity contribution < 1.29 is 17.9 Å². The van der Waals surface area contributed by atoms with E-state index in [2.05, 4.69) is 30.3 Å². The van der Waals surface area contributed by atoms with Crippen molar-refractivity contribution in [2.24, 2.45) is 0 Å². The zero-order valence-corrected chi connectivity index (χ0v) is 15.1. The first kappa shape index (κ1) is 18.4. The van der Waals surface area contributed by atoms with Crippen molar-refractivity contribution in [3.05, 3.63) is 41.5 Å². The van der Waals surface area contributed by atoms with Crippen molar-refractivity contribution in [1.82, 2.24) is 24.6 Å². The van der Waals surface area contributed by atoms with Gasteiger partial charge in [0.15, 0.2) is 0 Å². The predicted molar refractivity (Wildman–Crippen MR) is 95.1 cm³/mol. The molecule has 1 saturated heterocycles. The van der Waals surface area contributed by atoms with Crippen LogP contribution in [0.4, 0.5) is 24.8 Å². The second kappa shape index (κ2) is 7.23. The molecular weight excluding hydrogens is 375 g/mol. The fourth-order valence-corrected chi connectivity index (χ4v) is 2.96. The summed E-state index contributed by atoms with van der Waals surface area (Å²) in [4.78, 5) is 14.0. The number of morpholine rings is 1. The number of aromatic nitrogens is 5. The molecule has 0 aromatic carbocycles. The minimum absolute atomic E-state index is 0.0986. The van der Waals surface area contributed by atoms with Gasteiger partial charge in [-0.1, -0.05) is 0 Å². The van der Waals surface area contributed by atoms with Crippen LogP contribution in [0.5, 0.6) is 0 Å². The molecule has 0 spiro atoms. The number of alkyl halides is 3. The average Bonchev–Trinajstić information content (AvgIpc) is 3.11. The van der Waals surface area contributed by atoms with Crippen LogP contribution in [0, 0.1) is 6.92 Å². The lowest BCUT2D eigenvalue weighted by atomic mass is 10.2. The molecule has 11 heteroatoms. The highest BCUT2D eigenvalue weighted by atomic mass is 19.4. The standard InChI is InChI=1S/C17H18F3N7O/c1-11-8-14(27-16(23-11)24-15(25-27)17(18,19)20)22-10-12-2-3-21-13(9-12)26-4-6-28-7-5-26/h2-3,8-9,22H,4-7,10H2,1H3. The van der Waals surface area contributed by atoms with Crippen LogP contribution in [-0.2, 0) is 17.5 Å². The van der Waals surface area contributed by atoms with E-state index in [0.717, 1.165) is 29.0 Å². The number of rotatable bonds is 4. The van der Waals surface area contributed by atoms with Gasteiger partial charge in [-0.15, -0.1) is 5.10 Å². The van der Waals surface area contributed by atoms with E-state index in [9.17, 15) is 13.2 Å². The third-order valence-electron chi connectivity index (χ3n) is 4.31. The lowest BCUT2D eigenvalue weighted by Crippen LogP contribution is -2.36. The Morgan fingerprint density at radius 1 is 1.18 bits per heavy atom. The Balaban J connectivity index is 1.56. The minimum Gasteiger partial charge on any atom is -0.378 e. The van der Waals surface area contributed by atoms with E-state index in [1.54, 1.807) is 19.2 Å². The molecule has 148 valence electrons. The van der Waals surface area contributed by atoms with E-state index in [-0.39, 0.29) is 5.78 Å². The molecule has 0 bridgehead atoms. The molecule has 1 aliphatic rings. The Hall–Kier alpha value is -2.95. The van der Waals surface area contributed by atoms with Crippen molar-refractivity contribution >= 4 is 17.4 Å². The van der Waals surface area contributed by atoms with Crippen LogP contribution in [0.3, 0.4) is 0 Å². The van der Waals surface area contributed by atoms with Crippen molar-refractivity contribution in [2.45, 2.75) is 19.6 Å². The van der Waals surface area contributed by atoms with Gasteiger partial charge in [-0.3, -0.25) is 0 Å². The van der Waals surface area contributed by atoms with E-state index in [1.807, 2.05) is 12.1 Å². The van der Waals surface area contributed by atoms with E-state index in [4.69, 9.17) is 4.74 Å². The monoisotopic (exact) mass is 393 g/mol. The molecule has 1 fully saturated rings. The number of nitrogens with zero attached hydrogens (tertiary/aromatic N) is 6. The first-order valence-electron chi connectivity index (χ1n) is 8.73. The Kier molecular flexibility index (Phi) is 4.75. The first-order chi connectivity index (χ1) is 13.4. The Bertz CT molecular complexity index is 983. The van der Waals surface area contributed by atoms with Gasteiger partial charge in [0.1, 0.15) is 11.6 Å². The molecule has 3 aromatic heterocycles. The zero-order chi connectivity index (χ0) is 19.7. The van der Waals surface area contributed by atoms with Gasteiger partial charge in [-0.25, -0.2) is 9.97 Å². The summed E-state index contributed by atoms with van der Waals surface area (Å²) in [6.07, 6.45) is -2.91. The minimum atomic E-state index is -4.63. The molecule has 28 heavy (non-hydrogen) atoms. The van der Waals surface area contributed by atoms with Crippen molar-refractivity contribution in [3.8, 4) is 0 Å². The molecule has 3 aromatic rings. The van der Waals surface area contributed by atoms with Crippen LogP contribution in [-0.4, -0.2) is 50.9 Å². The number of ether oxygens (including phenoxy) is 1. The lowest BCUT2D eigenvalue weighted by Gasteiger charge is -2.28. The van der Waals surface area contributed by atoms with E-state index in [1.165, 1.54) is 0 Å². The molecule has 4 rings (SSSR count). The summed E-state index contributed by atoms with van der Waals surface area (Å²) in [5.74, 6) is -0.0836. The van der Waals surface area contributed by atoms with Crippen LogP contribution in [0.25, 0.3) is 5.78 Å². The molecule has 0 radical (unpaired) electrons. The van der Waals surface area contributed by atoms with Crippen LogP contribution < -0.4 is 10.2 Å². The summed E-state index contributed by atoms with van der Waals surface area (Å²) >= 11 is 0. The molecule has 0 saturated carbocycles. The number of nitrogens with one attached hydrogen (secondary N) is 1. The maximum atomic E-state index is 12.9. The molecule has 8 nitrogen and oxygen atoms in total. The number of fused-ring (bicyclic) bond motifs is 1. The summed E-state index contributed by atoms with van der Waals surface area (Å²) in [7, 11) is 0. The molecule has 0 aliphatic carbocycles. The largest absolute Gasteiger partial charge is 0.453 e. The summed E-state index contributed by atoms with van der Waals surface area (Å²) in [6.45, 7) is 4.94. The van der Waals surface area contributed by atoms with Crippen LogP contribution in [0.1, 0.15) is 17.1 Å². The lowest BCUT2D eigenvalue weighted by molar-refractivity contribution is -0.144. The maximum absolute atomic E-state index is 12.9. The fraction of sp³-hybridized carbons (Fsp3) is 0.412. The molecular formula is C17H18F3N7O. The summed E-state index contributed by atoms with van der Waals surface area (Å²) in [6, 6.07) is 5.43. The summed E-state index contributed by atoms with van der Waals surface area (Å²) in [5.41, 5.74) is 1.48. The molecule has 4 heterocycles. The number of anilines is 2. The second-order valence-electron chi connectivity index (χ2n) is 6.40. The van der Waals surface area contributed by atoms with Gasteiger partial charge in [0, 0.05) is 37.6 Å². The van der Waals surface area contributed by atoms with Crippen LogP contribution in [0.2, 0.25) is 0 Å². The van der Waals surface area contributed by atoms with Crippen LogP contribution in [0.15, 0.2) is 24.4 Å². The smallest absolute Gasteiger partial charge is 0.378 e. The Morgan fingerprint density at radius 2 is 1.96 bits per heavy atom. The average molecular weight is 393 g/mol. The maximum Gasteiger partial charge on any atom is 0.453 e. The van der Waals surface area contributed by atoms with Gasteiger partial charge in [0.2, 0.25) is 0 Å². The van der Waals surface area contributed by atoms with Gasteiger partial charge in [0.25, 0.3) is 11.6 Å². The van der Waals surface area contributed by atoms with Gasteiger partial charge < -0.3 is 15.0 Å². The van der Waals surface area contributed by atoms with Crippen molar-refractivity contribution in [1.29, 1.82) is 0 Å². The first-order valence-corrected chi connectivity index (χ1v) is 8.73. The third-order valence-corrected chi connectivity index (χ3v) is 4.31. The summed E-state index contributed by atoms with van der Waals surface area (Å²) in [5, 5.41) is 6.67. The number of pyridine rings is 1. The van der Waals surface area contributed by atoms with E-state index >= 15 is 0 Å². The van der Waals surface area contributed by atoms with E-state index in [0.29, 0.717) is 31.3 Å². The highest BCUT2D eigenvalue weighted by Crippen LogP contribution is 2.27. The molecule has 0 unspecified atom stereocenters. The number of hydrogen-bond acceptors (Lipinski definition) is 7.